The van der Waals surface area contributed by atoms with Crippen LogP contribution < -0.4 is 0 Å². The van der Waals surface area contributed by atoms with Crippen LogP contribution in [-0.4, -0.2) is 37.8 Å². The van der Waals surface area contributed by atoms with E-state index >= 15 is 0 Å². The van der Waals surface area contributed by atoms with Crippen molar-refractivity contribution in [1.29, 1.82) is 0 Å². The van der Waals surface area contributed by atoms with Crippen molar-refractivity contribution in [3.05, 3.63) is 64.8 Å². The van der Waals surface area contributed by atoms with Crippen LogP contribution in [0.5, 0.6) is 0 Å². The summed E-state index contributed by atoms with van der Waals surface area (Å²) >= 11 is 1.30. The third-order valence-electron chi connectivity index (χ3n) is 4.38. The van der Waals surface area contributed by atoms with E-state index in [4.69, 9.17) is 0 Å². The molecule has 3 heterocycles. The highest BCUT2D eigenvalue weighted by Crippen LogP contribution is 2.27. The van der Waals surface area contributed by atoms with E-state index in [1.54, 1.807) is 36.5 Å². The van der Waals surface area contributed by atoms with Crippen molar-refractivity contribution in [2.45, 2.75) is 19.9 Å². The topological polar surface area (TPSA) is 74.8 Å². The molecule has 0 aliphatic heterocycles. The minimum absolute atomic E-state index is 0.110. The summed E-state index contributed by atoms with van der Waals surface area (Å²) in [5, 5.41) is 1.42. The van der Waals surface area contributed by atoms with Crippen LogP contribution in [0, 0.1) is 5.82 Å². The molecule has 1 amide bonds. The molecule has 4 rings (SSSR count). The van der Waals surface area contributed by atoms with Gasteiger partial charge in [0.1, 0.15) is 10.7 Å². The number of fused-ring (bicyclic) bond motifs is 1. The Kier molecular flexibility index (Phi) is 4.87. The maximum absolute atomic E-state index is 13.4. The summed E-state index contributed by atoms with van der Waals surface area (Å²) in [6, 6.07) is 8.18. The Labute approximate surface area is 165 Å². The molecule has 0 aliphatic carbocycles. The van der Waals surface area contributed by atoms with Gasteiger partial charge >= 0.3 is 0 Å². The van der Waals surface area contributed by atoms with Crippen LogP contribution in [0.4, 0.5) is 4.39 Å². The number of hydrogen-bond donors (Lipinski definition) is 1. The molecule has 142 valence electrons. The average Bonchev–Trinajstić information content (AvgIpc) is 3.31. The van der Waals surface area contributed by atoms with Gasteiger partial charge in [0.05, 0.1) is 12.2 Å². The number of nitrogens with one attached hydrogen (secondary N) is 1. The Balaban J connectivity index is 1.58. The zero-order chi connectivity index (χ0) is 19.7. The number of rotatable bonds is 5. The maximum atomic E-state index is 13.4. The van der Waals surface area contributed by atoms with Crippen LogP contribution >= 0.6 is 11.3 Å². The van der Waals surface area contributed by atoms with Crippen LogP contribution in [0.25, 0.3) is 21.7 Å². The lowest BCUT2D eigenvalue weighted by molar-refractivity contribution is 0.0787. The predicted octanol–water partition coefficient (Wildman–Crippen LogP) is 4.06. The van der Waals surface area contributed by atoms with Crippen molar-refractivity contribution >= 4 is 28.1 Å². The number of halogens is 1. The molecule has 0 aliphatic rings. The minimum Gasteiger partial charge on any atom is -0.357 e. The summed E-state index contributed by atoms with van der Waals surface area (Å²) in [6.07, 6.45) is 3.95. The summed E-state index contributed by atoms with van der Waals surface area (Å²) in [5.74, 6) is 0.123. The third-order valence-corrected chi connectivity index (χ3v) is 5.46. The van der Waals surface area contributed by atoms with E-state index in [9.17, 15) is 9.18 Å². The van der Waals surface area contributed by atoms with Gasteiger partial charge in [-0.05, 0) is 36.8 Å². The first kappa shape index (κ1) is 18.2. The number of carbonyl (C=O) groups is 1. The Morgan fingerprint density at radius 1 is 1.25 bits per heavy atom. The molecular formula is C20H18FN5OS. The lowest BCUT2D eigenvalue weighted by Gasteiger charge is -2.15. The molecule has 28 heavy (non-hydrogen) atoms. The minimum atomic E-state index is -0.282. The number of aromatic amines is 1. The molecule has 0 unspecified atom stereocenters. The van der Waals surface area contributed by atoms with Crippen molar-refractivity contribution in [2.24, 2.45) is 0 Å². The molecule has 0 bridgehead atoms. The number of H-pyrrole nitrogens is 1. The van der Waals surface area contributed by atoms with Gasteiger partial charge in [0.15, 0.2) is 10.8 Å². The molecule has 8 heteroatoms. The number of amides is 1. The number of aryl methyl sites for hydroxylation is 1. The number of aromatic nitrogens is 4. The summed E-state index contributed by atoms with van der Waals surface area (Å²) < 4.78 is 13.4. The predicted molar refractivity (Wildman–Crippen MR) is 107 cm³/mol. The second kappa shape index (κ2) is 7.47. The number of hydrogen-bond acceptors (Lipinski definition) is 5. The maximum Gasteiger partial charge on any atom is 0.265 e. The first-order chi connectivity index (χ1) is 13.5. The first-order valence-electron chi connectivity index (χ1n) is 8.85. The quantitative estimate of drug-likeness (QED) is 0.553. The number of carbonyl (C=O) groups excluding carboxylic acids is 1. The summed E-state index contributed by atoms with van der Waals surface area (Å²) in [6.45, 7) is 2.35. The largest absolute Gasteiger partial charge is 0.357 e. The molecule has 1 aromatic carbocycles. The molecule has 3 aromatic heterocycles. The monoisotopic (exact) mass is 395 g/mol. The van der Waals surface area contributed by atoms with Gasteiger partial charge in [-0.15, -0.1) is 11.3 Å². The van der Waals surface area contributed by atoms with Gasteiger partial charge in [0, 0.05) is 36.0 Å². The normalized spacial score (nSPS) is 11.1. The highest BCUT2D eigenvalue weighted by atomic mass is 32.1. The van der Waals surface area contributed by atoms with Gasteiger partial charge < -0.3 is 9.88 Å². The lowest BCUT2D eigenvalue weighted by Crippen LogP contribution is -2.26. The van der Waals surface area contributed by atoms with Gasteiger partial charge in [-0.25, -0.2) is 19.3 Å². The van der Waals surface area contributed by atoms with E-state index < -0.39 is 0 Å². The fourth-order valence-electron chi connectivity index (χ4n) is 3.01. The number of benzene rings is 1. The van der Waals surface area contributed by atoms with Crippen molar-refractivity contribution in [1.82, 2.24) is 24.8 Å². The second-order valence-electron chi connectivity index (χ2n) is 6.41. The molecule has 4 aromatic rings. The van der Waals surface area contributed by atoms with Crippen molar-refractivity contribution in [2.75, 3.05) is 7.05 Å². The molecule has 0 spiro atoms. The molecular weight excluding hydrogens is 377 g/mol. The molecule has 0 saturated heterocycles. The van der Waals surface area contributed by atoms with Crippen LogP contribution in [-0.2, 0) is 13.0 Å². The van der Waals surface area contributed by atoms with Gasteiger partial charge in [-0.3, -0.25) is 4.79 Å². The zero-order valence-corrected chi connectivity index (χ0v) is 16.3. The summed E-state index contributed by atoms with van der Waals surface area (Å²) in [4.78, 5) is 31.5. The third kappa shape index (κ3) is 3.50. The zero-order valence-electron chi connectivity index (χ0n) is 15.4. The highest BCUT2D eigenvalue weighted by molar-refractivity contribution is 7.17. The lowest BCUT2D eigenvalue weighted by atomic mass is 10.2. The van der Waals surface area contributed by atoms with Crippen LogP contribution in [0.1, 0.15) is 28.0 Å². The standard InChI is InChI=1S/C20H18FN5OS/c1-3-15-17(28-19(25-15)18-22-7-4-8-23-18)20(27)26(2)11-14-10-12-9-13(21)5-6-16(12)24-14/h4-10,24H,3,11H2,1-2H3. The van der Waals surface area contributed by atoms with Crippen molar-refractivity contribution in [3.63, 3.8) is 0 Å². The van der Waals surface area contributed by atoms with Gasteiger partial charge in [0.25, 0.3) is 5.91 Å². The Morgan fingerprint density at radius 2 is 2.04 bits per heavy atom. The molecule has 0 atom stereocenters. The molecule has 6 nitrogen and oxygen atoms in total. The molecule has 0 fully saturated rings. The average molecular weight is 395 g/mol. The Morgan fingerprint density at radius 3 is 2.79 bits per heavy atom. The van der Waals surface area contributed by atoms with Gasteiger partial charge in [-0.1, -0.05) is 6.92 Å². The number of thiazole rings is 1. The smallest absolute Gasteiger partial charge is 0.265 e. The van der Waals surface area contributed by atoms with Crippen LogP contribution in [0.15, 0.2) is 42.7 Å². The van der Waals surface area contributed by atoms with Crippen molar-refractivity contribution < 1.29 is 9.18 Å². The molecule has 1 N–H and O–H groups in total. The Bertz CT molecular complexity index is 1140. The van der Waals surface area contributed by atoms with E-state index in [1.807, 2.05) is 13.0 Å². The van der Waals surface area contributed by atoms with E-state index in [1.165, 1.54) is 23.5 Å². The fraction of sp³-hybridized carbons (Fsp3) is 0.200. The number of nitrogens with zero attached hydrogens (tertiary/aromatic N) is 4. The SMILES string of the molecule is CCc1nc(-c2ncccn2)sc1C(=O)N(C)Cc1cc2cc(F)ccc2[nH]1. The second-order valence-corrected chi connectivity index (χ2v) is 7.41. The fourth-order valence-corrected chi connectivity index (χ4v) is 4.11. The summed E-state index contributed by atoms with van der Waals surface area (Å²) in [7, 11) is 1.74. The van der Waals surface area contributed by atoms with E-state index in [-0.39, 0.29) is 11.7 Å². The van der Waals surface area contributed by atoms with Crippen molar-refractivity contribution in [3.8, 4) is 10.8 Å². The van der Waals surface area contributed by atoms with E-state index in [0.717, 1.165) is 22.3 Å². The summed E-state index contributed by atoms with van der Waals surface area (Å²) in [5.41, 5.74) is 2.42. The van der Waals surface area contributed by atoms with Crippen LogP contribution in [0.2, 0.25) is 0 Å². The van der Waals surface area contributed by atoms with E-state index in [2.05, 4.69) is 19.9 Å². The van der Waals surface area contributed by atoms with E-state index in [0.29, 0.717) is 28.7 Å². The molecule has 0 saturated carbocycles. The first-order valence-corrected chi connectivity index (χ1v) is 9.66. The molecule has 0 radical (unpaired) electrons. The van der Waals surface area contributed by atoms with Crippen LogP contribution in [0.3, 0.4) is 0 Å². The van der Waals surface area contributed by atoms with Gasteiger partial charge in [0.2, 0.25) is 0 Å². The Hall–Kier alpha value is -3.13. The van der Waals surface area contributed by atoms with Gasteiger partial charge in [-0.2, -0.15) is 0 Å². The highest BCUT2D eigenvalue weighted by Gasteiger charge is 2.22.